The van der Waals surface area contributed by atoms with E-state index >= 15 is 0 Å². The van der Waals surface area contributed by atoms with Crippen LogP contribution in [0.5, 0.6) is 5.75 Å². The molecule has 32 heavy (non-hydrogen) atoms. The maximum absolute atomic E-state index is 12.7. The van der Waals surface area contributed by atoms with Crippen molar-refractivity contribution in [2.45, 2.75) is 57.9 Å². The molecule has 2 aromatic rings. The summed E-state index contributed by atoms with van der Waals surface area (Å²) in [6, 6.07) is 15.6. The van der Waals surface area contributed by atoms with Crippen LogP contribution in [0.25, 0.3) is 6.08 Å². The third-order valence-electron chi connectivity index (χ3n) is 6.41. The number of unbranched alkanes of at least 4 members (excludes halogenated alkanes) is 1. The standard InChI is InChI=1S/C27H32N2O3/c1-2-22-12-6-8-16-29(22)17-9-7-13-24(30)21-14-15-25-23(19-21)28-27(31)26(32-25)18-20-10-4-3-5-11-20/h3-5,10-11,14-15,18-19,22H,2,6-9,12-13,16-17H2,1H3,(H,28,31)/b26-18-. The van der Waals surface area contributed by atoms with Crippen molar-refractivity contribution >= 4 is 23.5 Å². The Morgan fingerprint density at radius 3 is 2.81 bits per heavy atom. The Labute approximate surface area is 190 Å². The lowest BCUT2D eigenvalue weighted by Crippen LogP contribution is -2.39. The van der Waals surface area contributed by atoms with Gasteiger partial charge < -0.3 is 15.0 Å². The van der Waals surface area contributed by atoms with E-state index in [1.807, 2.05) is 30.3 Å². The largest absolute Gasteiger partial charge is 0.449 e. The van der Waals surface area contributed by atoms with E-state index in [9.17, 15) is 9.59 Å². The van der Waals surface area contributed by atoms with E-state index < -0.39 is 0 Å². The predicted molar refractivity (Wildman–Crippen MR) is 128 cm³/mol. The molecule has 1 fully saturated rings. The van der Waals surface area contributed by atoms with Crippen molar-refractivity contribution in [1.29, 1.82) is 0 Å². The van der Waals surface area contributed by atoms with Crippen molar-refractivity contribution in [1.82, 2.24) is 4.90 Å². The molecule has 0 spiro atoms. The molecule has 1 saturated heterocycles. The second-order valence-corrected chi connectivity index (χ2v) is 8.66. The average molecular weight is 433 g/mol. The van der Waals surface area contributed by atoms with Crippen molar-refractivity contribution in [2.75, 3.05) is 18.4 Å². The zero-order valence-corrected chi connectivity index (χ0v) is 18.8. The fourth-order valence-electron chi connectivity index (χ4n) is 4.60. The molecule has 168 valence electrons. The first-order valence-corrected chi connectivity index (χ1v) is 11.8. The lowest BCUT2D eigenvalue weighted by Gasteiger charge is -2.35. The van der Waals surface area contributed by atoms with Crippen LogP contribution in [0, 0.1) is 0 Å². The number of carbonyl (C=O) groups is 2. The number of likely N-dealkylation sites (tertiary alicyclic amines) is 1. The number of hydrogen-bond acceptors (Lipinski definition) is 4. The summed E-state index contributed by atoms with van der Waals surface area (Å²) in [5.74, 6) is 0.598. The van der Waals surface area contributed by atoms with E-state index in [0.717, 1.165) is 24.9 Å². The maximum atomic E-state index is 12.7. The Morgan fingerprint density at radius 2 is 2.00 bits per heavy atom. The minimum atomic E-state index is -0.307. The lowest BCUT2D eigenvalue weighted by atomic mass is 9.99. The first-order valence-electron chi connectivity index (χ1n) is 11.8. The Balaban J connectivity index is 1.32. The summed E-state index contributed by atoms with van der Waals surface area (Å²) in [5.41, 5.74) is 2.06. The van der Waals surface area contributed by atoms with Crippen LogP contribution in [0.15, 0.2) is 54.3 Å². The summed E-state index contributed by atoms with van der Waals surface area (Å²) in [6.45, 7) is 4.54. The van der Waals surface area contributed by atoms with Crippen LogP contribution in [0.4, 0.5) is 5.69 Å². The highest BCUT2D eigenvalue weighted by Gasteiger charge is 2.23. The number of benzene rings is 2. The van der Waals surface area contributed by atoms with E-state index in [1.54, 1.807) is 24.3 Å². The molecule has 1 unspecified atom stereocenters. The van der Waals surface area contributed by atoms with Crippen molar-refractivity contribution in [2.24, 2.45) is 0 Å². The van der Waals surface area contributed by atoms with Gasteiger partial charge in [-0.05, 0) is 75.0 Å². The molecule has 0 bridgehead atoms. The normalized spacial score (nSPS) is 19.8. The molecule has 5 nitrogen and oxygen atoms in total. The number of hydrogen-bond donors (Lipinski definition) is 1. The first kappa shape index (κ1) is 22.3. The molecule has 4 rings (SSSR count). The number of carbonyl (C=O) groups excluding carboxylic acids is 2. The van der Waals surface area contributed by atoms with Crippen molar-refractivity contribution in [3.05, 3.63) is 65.4 Å². The second kappa shape index (κ2) is 10.6. The van der Waals surface area contributed by atoms with Crippen molar-refractivity contribution in [3.63, 3.8) is 0 Å². The van der Waals surface area contributed by atoms with E-state index in [1.165, 1.54) is 32.2 Å². The molecule has 5 heteroatoms. The van der Waals surface area contributed by atoms with Crippen LogP contribution < -0.4 is 10.1 Å². The Morgan fingerprint density at radius 1 is 1.16 bits per heavy atom. The fourth-order valence-corrected chi connectivity index (χ4v) is 4.60. The number of ether oxygens (including phenoxy) is 1. The number of fused-ring (bicyclic) bond motifs is 1. The van der Waals surface area contributed by atoms with Gasteiger partial charge in [0.15, 0.2) is 17.3 Å². The van der Waals surface area contributed by atoms with Crippen LogP contribution >= 0.6 is 0 Å². The molecule has 2 heterocycles. The van der Waals surface area contributed by atoms with Crippen LogP contribution in [-0.4, -0.2) is 35.7 Å². The van der Waals surface area contributed by atoms with E-state index in [2.05, 4.69) is 17.1 Å². The third kappa shape index (κ3) is 5.46. The van der Waals surface area contributed by atoms with Crippen LogP contribution in [0.3, 0.4) is 0 Å². The van der Waals surface area contributed by atoms with Gasteiger partial charge >= 0.3 is 0 Å². The molecule has 0 radical (unpaired) electrons. The summed E-state index contributed by atoms with van der Waals surface area (Å²) in [5, 5.41) is 2.86. The zero-order valence-electron chi connectivity index (χ0n) is 18.8. The SMILES string of the molecule is CCC1CCCCN1CCCCC(=O)c1ccc2c(c1)NC(=O)/C(=C/c1ccccc1)O2. The molecule has 0 saturated carbocycles. The molecule has 1 amide bonds. The molecule has 1 N–H and O–H groups in total. The monoisotopic (exact) mass is 432 g/mol. The van der Waals surface area contributed by atoms with Gasteiger partial charge in [0.05, 0.1) is 5.69 Å². The number of rotatable bonds is 8. The Bertz CT molecular complexity index is 984. The average Bonchev–Trinajstić information content (AvgIpc) is 2.82. The molecule has 2 aliphatic rings. The van der Waals surface area contributed by atoms with Gasteiger partial charge in [0.1, 0.15) is 0 Å². The van der Waals surface area contributed by atoms with Gasteiger partial charge in [0.25, 0.3) is 5.91 Å². The number of anilines is 1. The zero-order chi connectivity index (χ0) is 22.3. The lowest BCUT2D eigenvalue weighted by molar-refractivity contribution is -0.115. The van der Waals surface area contributed by atoms with Gasteiger partial charge in [-0.1, -0.05) is 43.7 Å². The van der Waals surface area contributed by atoms with Crippen molar-refractivity contribution in [3.8, 4) is 5.75 Å². The van der Waals surface area contributed by atoms with Gasteiger partial charge in [-0.15, -0.1) is 0 Å². The van der Waals surface area contributed by atoms with E-state index in [0.29, 0.717) is 29.5 Å². The molecular formula is C27H32N2O3. The molecule has 1 atom stereocenters. The summed E-state index contributed by atoms with van der Waals surface area (Å²) < 4.78 is 5.80. The number of nitrogens with one attached hydrogen (secondary N) is 1. The minimum Gasteiger partial charge on any atom is -0.449 e. The van der Waals surface area contributed by atoms with Crippen LogP contribution in [0.1, 0.15) is 67.8 Å². The number of Topliss-reactive ketones (excluding diaryl/α,β-unsaturated/α-hetero) is 1. The highest BCUT2D eigenvalue weighted by Crippen LogP contribution is 2.33. The summed E-state index contributed by atoms with van der Waals surface area (Å²) in [6.07, 6.45) is 9.32. The minimum absolute atomic E-state index is 0.110. The van der Waals surface area contributed by atoms with Gasteiger partial charge in [0, 0.05) is 18.0 Å². The summed E-state index contributed by atoms with van der Waals surface area (Å²) >= 11 is 0. The number of amides is 1. The molecular weight excluding hydrogens is 400 g/mol. The molecule has 0 aromatic heterocycles. The van der Waals surface area contributed by atoms with Gasteiger partial charge in [-0.2, -0.15) is 0 Å². The maximum Gasteiger partial charge on any atom is 0.291 e. The molecule has 2 aromatic carbocycles. The van der Waals surface area contributed by atoms with Crippen LogP contribution in [0.2, 0.25) is 0 Å². The quantitative estimate of drug-likeness (QED) is 0.331. The summed E-state index contributed by atoms with van der Waals surface area (Å²) in [7, 11) is 0. The smallest absolute Gasteiger partial charge is 0.291 e. The van der Waals surface area contributed by atoms with Gasteiger partial charge in [-0.3, -0.25) is 9.59 Å². The Kier molecular flexibility index (Phi) is 7.38. The van der Waals surface area contributed by atoms with E-state index in [4.69, 9.17) is 4.74 Å². The van der Waals surface area contributed by atoms with Crippen molar-refractivity contribution < 1.29 is 14.3 Å². The number of ketones is 1. The second-order valence-electron chi connectivity index (χ2n) is 8.66. The van der Waals surface area contributed by atoms with Gasteiger partial charge in [0.2, 0.25) is 0 Å². The number of nitrogens with zero attached hydrogens (tertiary/aromatic N) is 1. The van der Waals surface area contributed by atoms with Gasteiger partial charge in [-0.25, -0.2) is 0 Å². The summed E-state index contributed by atoms with van der Waals surface area (Å²) in [4.78, 5) is 27.8. The van der Waals surface area contributed by atoms with Crippen LogP contribution in [-0.2, 0) is 4.79 Å². The highest BCUT2D eigenvalue weighted by molar-refractivity contribution is 6.09. The fraction of sp³-hybridized carbons (Fsp3) is 0.407. The third-order valence-corrected chi connectivity index (χ3v) is 6.41. The topological polar surface area (TPSA) is 58.6 Å². The molecule has 2 aliphatic heterocycles. The first-order chi connectivity index (χ1) is 15.6. The Hall–Kier alpha value is -2.92. The highest BCUT2D eigenvalue weighted by atomic mass is 16.5. The number of piperidine rings is 1. The predicted octanol–water partition coefficient (Wildman–Crippen LogP) is 5.68. The van der Waals surface area contributed by atoms with E-state index in [-0.39, 0.29) is 17.4 Å². The molecule has 0 aliphatic carbocycles.